The Morgan fingerprint density at radius 3 is 1.88 bits per heavy atom. The molecule has 4 rings (SSSR count). The third-order valence-corrected chi connectivity index (χ3v) is 7.17. The number of rotatable bonds is 8. The Kier molecular flexibility index (Phi) is 7.94. The molecule has 0 spiro atoms. The van der Waals surface area contributed by atoms with Crippen LogP contribution in [0.3, 0.4) is 0 Å². The molecule has 3 aromatic carbocycles. The fraction of sp³-hybridized carbons (Fsp3) is 0.333. The van der Waals surface area contributed by atoms with E-state index in [9.17, 15) is 10.2 Å². The lowest BCUT2D eigenvalue weighted by atomic mass is 9.72. The van der Waals surface area contributed by atoms with E-state index in [1.165, 1.54) is 4.90 Å². The van der Waals surface area contributed by atoms with Gasteiger partial charge in [-0.2, -0.15) is 0 Å². The lowest BCUT2D eigenvalue weighted by molar-refractivity contribution is -0.909. The molecule has 1 aliphatic rings. The molecular weight excluding hydrogens is 457 g/mol. The summed E-state index contributed by atoms with van der Waals surface area (Å²) in [5, 5.41) is 23.4. The molecule has 1 heterocycles. The van der Waals surface area contributed by atoms with Crippen molar-refractivity contribution in [2.45, 2.75) is 24.5 Å². The summed E-state index contributed by atoms with van der Waals surface area (Å²) in [5.74, 6) is 0.505. The molecule has 0 saturated carbocycles. The molecule has 0 radical (unpaired) electrons. The predicted molar refractivity (Wildman–Crippen MR) is 132 cm³/mol. The van der Waals surface area contributed by atoms with E-state index in [2.05, 4.69) is 0 Å². The summed E-state index contributed by atoms with van der Waals surface area (Å²) in [6, 6.07) is 25.1. The van der Waals surface area contributed by atoms with Gasteiger partial charge >= 0.3 is 0 Å². The number of piperidine rings is 1. The maximum Gasteiger partial charge on any atom is 0.156 e. The first-order valence-electron chi connectivity index (χ1n) is 11.4. The summed E-state index contributed by atoms with van der Waals surface area (Å²) in [6.45, 7) is 2.45. The highest BCUT2D eigenvalue weighted by atomic mass is 35.5. The molecule has 1 saturated heterocycles. The van der Waals surface area contributed by atoms with Gasteiger partial charge in [-0.15, -0.1) is 0 Å². The fourth-order valence-electron chi connectivity index (χ4n) is 4.86. The van der Waals surface area contributed by atoms with Crippen molar-refractivity contribution in [2.24, 2.45) is 5.92 Å². The Hall–Kier alpha value is -2.08. The number of ether oxygens (including phenoxy) is 1. The molecule has 0 aliphatic carbocycles. The van der Waals surface area contributed by atoms with E-state index >= 15 is 0 Å². The van der Waals surface area contributed by atoms with Gasteiger partial charge in [0, 0.05) is 18.8 Å². The second kappa shape index (κ2) is 10.9. The predicted octanol–water partition coefficient (Wildman–Crippen LogP) is 3.96. The van der Waals surface area contributed by atoms with Crippen LogP contribution in [0.25, 0.3) is 0 Å². The van der Waals surface area contributed by atoms with Crippen LogP contribution in [0.5, 0.6) is 5.75 Å². The second-order valence-corrected chi connectivity index (χ2v) is 9.56. The van der Waals surface area contributed by atoms with Gasteiger partial charge in [0.25, 0.3) is 0 Å². The summed E-state index contributed by atoms with van der Waals surface area (Å²) < 4.78 is 5.69. The molecule has 0 amide bonds. The highest BCUT2D eigenvalue weighted by Gasteiger charge is 2.42. The maximum absolute atomic E-state index is 12.0. The maximum atomic E-state index is 12.0. The molecule has 3 N–H and O–H groups in total. The van der Waals surface area contributed by atoms with Gasteiger partial charge in [0.05, 0.1) is 23.1 Å². The molecule has 0 bridgehead atoms. The van der Waals surface area contributed by atoms with Gasteiger partial charge in [-0.1, -0.05) is 89.9 Å². The molecule has 174 valence electrons. The van der Waals surface area contributed by atoms with E-state index in [4.69, 9.17) is 27.9 Å². The minimum Gasteiger partial charge on any atom is -0.488 e. The van der Waals surface area contributed by atoms with Crippen molar-refractivity contribution in [1.82, 2.24) is 0 Å². The first-order chi connectivity index (χ1) is 16.0. The molecule has 0 aromatic heterocycles. The van der Waals surface area contributed by atoms with E-state index in [-0.39, 0.29) is 12.5 Å². The zero-order valence-electron chi connectivity index (χ0n) is 18.5. The van der Waals surface area contributed by atoms with Gasteiger partial charge in [0.15, 0.2) is 5.75 Å². The summed E-state index contributed by atoms with van der Waals surface area (Å²) >= 11 is 12.3. The van der Waals surface area contributed by atoms with Crippen molar-refractivity contribution in [3.05, 3.63) is 100 Å². The van der Waals surface area contributed by atoms with Crippen LogP contribution in [-0.4, -0.2) is 42.6 Å². The number of aliphatic hydroxyl groups excluding tert-OH is 1. The molecule has 1 atom stereocenters. The van der Waals surface area contributed by atoms with Crippen LogP contribution in [-0.2, 0) is 5.60 Å². The van der Waals surface area contributed by atoms with E-state index in [0.29, 0.717) is 22.3 Å². The van der Waals surface area contributed by atoms with Crippen LogP contribution in [0, 0.1) is 5.92 Å². The van der Waals surface area contributed by atoms with Gasteiger partial charge in [-0.05, 0) is 23.3 Å². The van der Waals surface area contributed by atoms with Crippen LogP contribution in [0.1, 0.15) is 24.0 Å². The number of aliphatic hydroxyl groups is 2. The topological polar surface area (TPSA) is 54.1 Å². The van der Waals surface area contributed by atoms with Crippen molar-refractivity contribution in [3.8, 4) is 5.75 Å². The van der Waals surface area contributed by atoms with Crippen LogP contribution in [0.15, 0.2) is 78.9 Å². The van der Waals surface area contributed by atoms with Crippen LogP contribution in [0.4, 0.5) is 0 Å². The van der Waals surface area contributed by atoms with Gasteiger partial charge < -0.3 is 19.8 Å². The van der Waals surface area contributed by atoms with E-state index in [0.717, 1.165) is 37.1 Å². The Bertz CT molecular complexity index is 964. The molecule has 0 unspecified atom stereocenters. The fourth-order valence-corrected chi connectivity index (χ4v) is 5.37. The minimum atomic E-state index is -1.03. The molecule has 4 nitrogen and oxygen atoms in total. The minimum absolute atomic E-state index is 0.0985. The Labute approximate surface area is 205 Å². The average molecular weight is 487 g/mol. The van der Waals surface area contributed by atoms with Crippen molar-refractivity contribution in [1.29, 1.82) is 0 Å². The van der Waals surface area contributed by atoms with Crippen LogP contribution < -0.4 is 9.64 Å². The van der Waals surface area contributed by atoms with Gasteiger partial charge in [-0.3, -0.25) is 0 Å². The standard InChI is InChI=1S/C27H29Cl2NO3/c28-24-12-7-13-25(29)26(24)33-19-23(31)18-30-16-14-22(15-17-30)27(32,20-8-3-1-4-9-20)21-10-5-2-6-11-21/h1-13,22-23,31-32H,14-19H2/p+1/t23-/m0/s1. The molecular formula is C27H30Cl2NO3+. The molecule has 1 fully saturated rings. The normalized spacial score (nSPS) is 19.8. The summed E-state index contributed by atoms with van der Waals surface area (Å²) in [6.07, 6.45) is 1.09. The van der Waals surface area contributed by atoms with Crippen molar-refractivity contribution >= 4 is 23.2 Å². The zero-order valence-corrected chi connectivity index (χ0v) is 20.0. The molecule has 3 aromatic rings. The van der Waals surface area contributed by atoms with Gasteiger partial charge in [-0.25, -0.2) is 0 Å². The number of hydrogen-bond acceptors (Lipinski definition) is 3. The number of halogens is 2. The summed E-state index contributed by atoms with van der Waals surface area (Å²) in [4.78, 5) is 1.30. The van der Waals surface area contributed by atoms with Gasteiger partial charge in [0.1, 0.15) is 24.9 Å². The van der Waals surface area contributed by atoms with Crippen molar-refractivity contribution in [2.75, 3.05) is 26.2 Å². The summed E-state index contributed by atoms with van der Waals surface area (Å²) in [5.41, 5.74) is 0.820. The number of nitrogens with one attached hydrogen (secondary N) is 1. The zero-order chi connectivity index (χ0) is 23.3. The highest BCUT2D eigenvalue weighted by molar-refractivity contribution is 6.37. The largest absolute Gasteiger partial charge is 0.488 e. The number of para-hydroxylation sites is 1. The SMILES string of the molecule is O[C@H](COc1c(Cl)cccc1Cl)C[NH+]1CCC(C(O)(c2ccccc2)c2ccccc2)CC1. The van der Waals surface area contributed by atoms with Crippen LogP contribution in [0.2, 0.25) is 10.0 Å². The molecule has 1 aliphatic heterocycles. The van der Waals surface area contributed by atoms with E-state index in [1.807, 2.05) is 60.7 Å². The first kappa shape index (κ1) is 24.1. The van der Waals surface area contributed by atoms with Gasteiger partial charge in [0.2, 0.25) is 0 Å². The van der Waals surface area contributed by atoms with E-state index in [1.54, 1.807) is 18.2 Å². The third-order valence-electron chi connectivity index (χ3n) is 6.57. The number of quaternary nitrogens is 1. The smallest absolute Gasteiger partial charge is 0.156 e. The van der Waals surface area contributed by atoms with Crippen molar-refractivity contribution in [3.63, 3.8) is 0 Å². The number of hydrogen-bond donors (Lipinski definition) is 3. The Morgan fingerprint density at radius 2 is 1.36 bits per heavy atom. The third kappa shape index (κ3) is 5.53. The van der Waals surface area contributed by atoms with Crippen molar-refractivity contribution < 1.29 is 19.8 Å². The Balaban J connectivity index is 1.38. The Morgan fingerprint density at radius 1 is 0.848 bits per heavy atom. The molecule has 33 heavy (non-hydrogen) atoms. The quantitative estimate of drug-likeness (QED) is 0.451. The average Bonchev–Trinajstić information content (AvgIpc) is 2.85. The highest BCUT2D eigenvalue weighted by Crippen LogP contribution is 2.40. The van der Waals surface area contributed by atoms with Crippen LogP contribution >= 0.6 is 23.2 Å². The van der Waals surface area contributed by atoms with E-state index < -0.39 is 11.7 Å². The monoisotopic (exact) mass is 486 g/mol. The lowest BCUT2D eigenvalue weighted by Crippen LogP contribution is -3.14. The number of benzene rings is 3. The second-order valence-electron chi connectivity index (χ2n) is 8.74. The lowest BCUT2D eigenvalue weighted by Gasteiger charge is -2.41. The first-order valence-corrected chi connectivity index (χ1v) is 12.2. The number of likely N-dealkylation sites (tertiary alicyclic amines) is 1. The molecule has 6 heteroatoms. The summed E-state index contributed by atoms with van der Waals surface area (Å²) in [7, 11) is 0.